The zero-order valence-corrected chi connectivity index (χ0v) is 45.2. The first-order valence-corrected chi connectivity index (χ1v) is 25.6. The molecule has 3 aromatic rings. The number of halogens is 9. The average molecular weight is 1140 g/mol. The monoisotopic (exact) mass is 1130 g/mol. The van der Waals surface area contributed by atoms with Crippen LogP contribution in [0.2, 0.25) is 0 Å². The van der Waals surface area contributed by atoms with Crippen molar-refractivity contribution in [2.45, 2.75) is 128 Å². The van der Waals surface area contributed by atoms with Gasteiger partial charge in [0.15, 0.2) is 34.9 Å². The molecular formula is C53H73F9N9O8+. The fourth-order valence-corrected chi connectivity index (χ4v) is 8.38. The van der Waals surface area contributed by atoms with Gasteiger partial charge in [-0.3, -0.25) is 28.8 Å². The zero-order valence-electron chi connectivity index (χ0n) is 46.2. The van der Waals surface area contributed by atoms with Gasteiger partial charge >= 0.3 is 7.40 Å². The first-order chi connectivity index (χ1) is 37.1. The van der Waals surface area contributed by atoms with Crippen LogP contribution in [0, 0.1) is 52.4 Å². The van der Waals surface area contributed by atoms with Crippen molar-refractivity contribution >= 4 is 35.5 Å². The summed E-state index contributed by atoms with van der Waals surface area (Å²) in [5.74, 6) is -11.9. The van der Waals surface area contributed by atoms with Gasteiger partial charge in [0.05, 0.1) is 24.7 Å². The number of aliphatic carboxylic acids is 1. The molecule has 3 saturated heterocycles. The molecule has 3 fully saturated rings. The molecule has 3 aromatic carbocycles. The van der Waals surface area contributed by atoms with Crippen LogP contribution < -0.4 is 37.6 Å². The molecule has 6 rings (SSSR count). The molecule has 17 nitrogen and oxygen atoms in total. The molecular weight excluding hydrogens is 1060 g/mol. The molecule has 3 aliphatic rings. The summed E-state index contributed by atoms with van der Waals surface area (Å²) in [6, 6.07) is 0.642. The molecule has 0 radical (unpaired) electrons. The second kappa shape index (κ2) is 32.0. The van der Waals surface area contributed by atoms with Gasteiger partial charge in [-0.2, -0.15) is 0 Å². The fourth-order valence-electron chi connectivity index (χ4n) is 8.38. The summed E-state index contributed by atoms with van der Waals surface area (Å²) >= 11 is 0. The Labute approximate surface area is 454 Å². The first kappa shape index (κ1) is 66.9. The predicted molar refractivity (Wildman–Crippen MR) is 274 cm³/mol. The van der Waals surface area contributed by atoms with Crippen molar-refractivity contribution < 1.29 is 79.6 Å². The Hall–Kier alpha value is -6.35. The lowest BCUT2D eigenvalue weighted by molar-refractivity contribution is -0.148. The minimum atomic E-state index is -1.29. The van der Waals surface area contributed by atoms with Crippen molar-refractivity contribution in [1.82, 2.24) is 41.7 Å². The number of hydrogen-bond acceptors (Lipinski definition) is 11. The topological polar surface area (TPSA) is 237 Å². The molecule has 3 aliphatic heterocycles. The number of carbonyl (C=O) groups excluding carboxylic acids is 5. The number of nitrogens with two attached hydrogens (primary N) is 1. The normalized spacial score (nSPS) is 18.4. The van der Waals surface area contributed by atoms with Gasteiger partial charge in [-0.1, -0.05) is 13.8 Å². The van der Waals surface area contributed by atoms with Crippen LogP contribution in [-0.2, 0) is 52.8 Å². The van der Waals surface area contributed by atoms with E-state index in [-0.39, 0.29) is 98.8 Å². The Morgan fingerprint density at radius 1 is 0.608 bits per heavy atom. The van der Waals surface area contributed by atoms with Crippen molar-refractivity contribution in [3.63, 3.8) is 0 Å². The molecule has 0 saturated carbocycles. The molecule has 3 heterocycles. The van der Waals surface area contributed by atoms with Crippen LogP contribution in [0.4, 0.5) is 39.5 Å². The highest BCUT2D eigenvalue weighted by Crippen LogP contribution is 2.21. The first-order valence-electron chi connectivity index (χ1n) is 25.6. The van der Waals surface area contributed by atoms with Crippen LogP contribution in [0.15, 0.2) is 36.4 Å². The molecule has 6 atom stereocenters. The van der Waals surface area contributed by atoms with E-state index in [2.05, 4.69) is 31.9 Å². The van der Waals surface area contributed by atoms with E-state index in [9.17, 15) is 68.3 Å². The minimum Gasteiger partial charge on any atom is -0.481 e. The second-order valence-corrected chi connectivity index (χ2v) is 19.7. The van der Waals surface area contributed by atoms with Crippen molar-refractivity contribution in [2.75, 3.05) is 60.0 Å². The maximum absolute atomic E-state index is 13.8. The number of hydrogen-bond donors (Lipinski definition) is 8. The van der Waals surface area contributed by atoms with Gasteiger partial charge in [0, 0.05) is 88.4 Å². The van der Waals surface area contributed by atoms with Gasteiger partial charge in [-0.15, -0.1) is 0 Å². The Morgan fingerprint density at radius 3 is 1.42 bits per heavy atom. The van der Waals surface area contributed by atoms with Gasteiger partial charge in [0.1, 0.15) is 29.5 Å². The van der Waals surface area contributed by atoms with Crippen LogP contribution in [0.3, 0.4) is 0 Å². The second-order valence-electron chi connectivity index (χ2n) is 19.7. The molecule has 0 spiro atoms. The summed E-state index contributed by atoms with van der Waals surface area (Å²) in [4.78, 5) is 73.5. The van der Waals surface area contributed by atoms with E-state index in [0.717, 1.165) is 37.7 Å². The lowest BCUT2D eigenvalue weighted by Gasteiger charge is -2.36. The summed E-state index contributed by atoms with van der Waals surface area (Å²) in [6.45, 7) is 12.5. The SMILES string of the molecule is CC(C)(C)OC[C@@H]1C(=O)NCCN1C(=O)C[C@H](N)Cc1cc(F)c(F)cc1F.CC[C@@H]1C(=O)NCCN1C(=O)C[C@@H](Cc1cc(F)c(F)cc1F)NC.CC[C@H]1NCCNC1=O.CN[C@@H](CC(=O)O)Cc1cc(F)c(F)cc1F.[H+]. The molecule has 79 heavy (non-hydrogen) atoms. The molecule has 5 amide bonds. The van der Waals surface area contributed by atoms with Gasteiger partial charge < -0.3 is 57.3 Å². The smallest absolute Gasteiger partial charge is 0.481 e. The Bertz CT molecular complexity index is 2570. The summed E-state index contributed by atoms with van der Waals surface area (Å²) in [6.07, 6.45) is 0.878. The van der Waals surface area contributed by atoms with Crippen molar-refractivity contribution in [3.05, 3.63) is 105 Å². The molecule has 26 heteroatoms. The lowest BCUT2D eigenvalue weighted by atomic mass is 10.0. The largest absolute Gasteiger partial charge is 1.00 e. The fraction of sp³-hybridized carbons (Fsp3) is 0.547. The number of rotatable bonds is 18. The quantitative estimate of drug-likeness (QED) is 0.0663. The highest BCUT2D eigenvalue weighted by atomic mass is 19.2. The number of nitrogens with zero attached hydrogens (tertiary/aromatic N) is 2. The summed E-state index contributed by atoms with van der Waals surface area (Å²) in [7, 11) is 3.13. The van der Waals surface area contributed by atoms with Gasteiger partial charge in [-0.05, 0) is 102 Å². The number of nitrogens with one attached hydrogen (secondary N) is 6. The van der Waals surface area contributed by atoms with Crippen molar-refractivity contribution in [2.24, 2.45) is 5.73 Å². The number of carbonyl (C=O) groups is 6. The number of carboxylic acids is 1. The van der Waals surface area contributed by atoms with E-state index in [1.54, 1.807) is 7.05 Å². The van der Waals surface area contributed by atoms with Gasteiger partial charge in [-0.25, -0.2) is 39.5 Å². The van der Waals surface area contributed by atoms with Crippen LogP contribution in [-0.4, -0.2) is 152 Å². The maximum atomic E-state index is 13.8. The average Bonchev–Trinajstić information content (AvgIpc) is 3.38. The van der Waals surface area contributed by atoms with E-state index in [1.807, 2.05) is 34.6 Å². The standard InChI is InChI=1S/C19H26F3N3O3.C17H22F3N3O2.C11H12F3NO2.C6H12N2O/c1-19(2,3)28-10-16-18(27)24-4-5-25(16)17(26)8-12(23)6-11-7-14(21)15(22)9-13(11)20;1-3-15-17(25)22-4-5-23(15)16(24)8-11(21-2)6-10-7-13(19)14(20)9-12(10)18;1-15-7(4-11(16)17)2-6-3-9(13)10(14)5-8(6)12;1-2-5-6(9)8-4-3-7-5/h7,9,12,16H,4-6,8,10,23H2,1-3H3,(H,24,27);7,9,11,15,21H,3-6,8H2,1-2H3,(H,22,25);3,5,7,15H,2,4H2,1H3,(H,16,17);5,7H,2-4H2,1H3,(H,8,9)/p+1/t12-,16-;11-,15-;7-;5-/m1111/s1. The molecule has 0 unspecified atom stereocenters. The number of ether oxygens (including phenoxy) is 1. The van der Waals surface area contributed by atoms with E-state index < -0.39 is 94.1 Å². The van der Waals surface area contributed by atoms with Crippen LogP contribution >= 0.6 is 0 Å². The Balaban J connectivity index is 0.000000385. The summed E-state index contributed by atoms with van der Waals surface area (Å²) < 4.78 is 125. The summed E-state index contributed by atoms with van der Waals surface area (Å²) in [5, 5.41) is 25.5. The molecule has 440 valence electrons. The number of amides is 5. The number of benzene rings is 3. The molecule has 0 aromatic heterocycles. The lowest BCUT2D eigenvalue weighted by Crippen LogP contribution is -2.60. The minimum absolute atomic E-state index is 0. The van der Waals surface area contributed by atoms with Crippen molar-refractivity contribution in [1.29, 1.82) is 0 Å². The maximum Gasteiger partial charge on any atom is 1.00 e. The third-order valence-electron chi connectivity index (χ3n) is 12.7. The van der Waals surface area contributed by atoms with Crippen LogP contribution in [0.25, 0.3) is 0 Å². The molecule has 0 aliphatic carbocycles. The molecule has 0 bridgehead atoms. The third kappa shape index (κ3) is 21.7. The zero-order chi connectivity index (χ0) is 59.3. The third-order valence-corrected chi connectivity index (χ3v) is 12.7. The highest BCUT2D eigenvalue weighted by Gasteiger charge is 2.36. The Morgan fingerprint density at radius 2 is 1.01 bits per heavy atom. The van der Waals surface area contributed by atoms with E-state index >= 15 is 0 Å². The number of likely N-dealkylation sites (N-methyl/N-ethyl adjacent to an activating group) is 2. The van der Waals surface area contributed by atoms with E-state index in [4.69, 9.17) is 15.6 Å². The van der Waals surface area contributed by atoms with Crippen LogP contribution in [0.5, 0.6) is 0 Å². The highest BCUT2D eigenvalue weighted by molar-refractivity contribution is 5.90. The van der Waals surface area contributed by atoms with Crippen LogP contribution in [0.1, 0.15) is 84.8 Å². The summed E-state index contributed by atoms with van der Waals surface area (Å²) in [5.41, 5.74) is 5.29. The predicted octanol–water partition coefficient (Wildman–Crippen LogP) is 4.17. The van der Waals surface area contributed by atoms with Crippen molar-refractivity contribution in [3.8, 4) is 0 Å². The number of piperazine rings is 3. The number of carboxylic acid groups (broad SMARTS) is 1. The van der Waals surface area contributed by atoms with E-state index in [0.29, 0.717) is 50.8 Å². The van der Waals surface area contributed by atoms with Gasteiger partial charge in [0.2, 0.25) is 29.5 Å². The van der Waals surface area contributed by atoms with E-state index in [1.165, 1.54) is 16.8 Å². The Kier molecular flexibility index (Phi) is 27.1. The molecule has 9 N–H and O–H groups in total. The van der Waals surface area contributed by atoms with Gasteiger partial charge in [0.25, 0.3) is 0 Å².